The molecule has 0 fully saturated rings. The highest BCUT2D eigenvalue weighted by Gasteiger charge is 2.27. The summed E-state index contributed by atoms with van der Waals surface area (Å²) >= 11 is 0. The second kappa shape index (κ2) is 7.98. The molecule has 0 heterocycles. The van der Waals surface area contributed by atoms with Gasteiger partial charge >= 0.3 is 11.9 Å². The molecule has 1 rings (SSSR count). The highest BCUT2D eigenvalue weighted by Crippen LogP contribution is 2.36. The van der Waals surface area contributed by atoms with E-state index in [-0.39, 0.29) is 28.9 Å². The van der Waals surface area contributed by atoms with Crippen molar-refractivity contribution in [2.24, 2.45) is 0 Å². The van der Waals surface area contributed by atoms with Crippen LogP contribution in [0.5, 0.6) is 11.5 Å². The summed E-state index contributed by atoms with van der Waals surface area (Å²) in [7, 11) is 3.63. The molecular weight excluding hydrogens is 304 g/mol. The van der Waals surface area contributed by atoms with Crippen LogP contribution in [0.1, 0.15) is 33.2 Å². The van der Waals surface area contributed by atoms with E-state index in [1.807, 2.05) is 0 Å². The van der Waals surface area contributed by atoms with Crippen LogP contribution < -0.4 is 4.74 Å². The summed E-state index contributed by atoms with van der Waals surface area (Å²) in [6.07, 6.45) is 2.35. The van der Waals surface area contributed by atoms with E-state index in [0.29, 0.717) is 11.9 Å². The van der Waals surface area contributed by atoms with Crippen LogP contribution in [0.25, 0.3) is 0 Å². The monoisotopic (exact) mass is 322 g/mol. The summed E-state index contributed by atoms with van der Waals surface area (Å²) in [5.41, 5.74) is 0.214. The summed E-state index contributed by atoms with van der Waals surface area (Å²) < 4.78 is 14.4. The van der Waals surface area contributed by atoms with E-state index in [0.717, 1.165) is 14.2 Å². The molecule has 0 aliphatic heterocycles. The molecule has 0 aromatic heterocycles. The molecule has 0 saturated heterocycles. The lowest BCUT2D eigenvalue weighted by Crippen LogP contribution is -2.14. The predicted octanol–water partition coefficient (Wildman–Crippen LogP) is 1.66. The molecule has 1 aromatic carbocycles. The van der Waals surface area contributed by atoms with Crippen LogP contribution in [0.2, 0.25) is 0 Å². The van der Waals surface area contributed by atoms with Gasteiger partial charge in [-0.3, -0.25) is 4.79 Å². The van der Waals surface area contributed by atoms with Gasteiger partial charge in [0.25, 0.3) is 0 Å². The molecule has 0 radical (unpaired) electrons. The Labute approximate surface area is 133 Å². The highest BCUT2D eigenvalue weighted by atomic mass is 16.5. The molecule has 0 amide bonds. The zero-order valence-corrected chi connectivity index (χ0v) is 13.3. The lowest BCUT2D eigenvalue weighted by Gasteiger charge is -2.15. The van der Waals surface area contributed by atoms with Crippen molar-refractivity contribution in [2.75, 3.05) is 21.3 Å². The number of benzene rings is 1. The van der Waals surface area contributed by atoms with E-state index in [1.165, 1.54) is 13.2 Å². The fourth-order valence-corrected chi connectivity index (χ4v) is 1.96. The first-order valence-corrected chi connectivity index (χ1v) is 6.62. The van der Waals surface area contributed by atoms with Crippen molar-refractivity contribution in [3.05, 3.63) is 34.4 Å². The third-order valence-corrected chi connectivity index (χ3v) is 3.19. The standard InChI is InChI=1S/C16H18O7/c1-9(8-17)5-6-10-12(21-2)7-11(15(19)22-3)13(14(10)18)16(20)23-4/h5,7-8,18H,6H2,1-4H3/b9-5+. The van der Waals surface area contributed by atoms with Crippen LogP contribution >= 0.6 is 0 Å². The largest absolute Gasteiger partial charge is 0.507 e. The predicted molar refractivity (Wildman–Crippen MR) is 80.9 cm³/mol. The first kappa shape index (κ1) is 18.2. The molecule has 7 nitrogen and oxygen atoms in total. The Morgan fingerprint density at radius 1 is 1.17 bits per heavy atom. The van der Waals surface area contributed by atoms with Crippen molar-refractivity contribution < 1.29 is 33.7 Å². The van der Waals surface area contributed by atoms with E-state index < -0.39 is 17.7 Å². The number of ether oxygens (including phenoxy) is 3. The van der Waals surface area contributed by atoms with Gasteiger partial charge in [0.2, 0.25) is 0 Å². The number of carbonyl (C=O) groups is 3. The normalized spacial score (nSPS) is 10.9. The smallest absolute Gasteiger partial charge is 0.342 e. The number of aromatic hydroxyl groups is 1. The Hall–Kier alpha value is -2.83. The number of rotatable bonds is 6. The molecule has 0 atom stereocenters. The van der Waals surface area contributed by atoms with Crippen molar-refractivity contribution >= 4 is 18.2 Å². The van der Waals surface area contributed by atoms with Gasteiger partial charge < -0.3 is 19.3 Å². The first-order valence-electron chi connectivity index (χ1n) is 6.62. The maximum absolute atomic E-state index is 11.9. The fraction of sp³-hybridized carbons (Fsp3) is 0.312. The molecule has 0 aliphatic rings. The van der Waals surface area contributed by atoms with Gasteiger partial charge in [-0.2, -0.15) is 0 Å². The van der Waals surface area contributed by atoms with Crippen LogP contribution in [0.3, 0.4) is 0 Å². The number of esters is 2. The van der Waals surface area contributed by atoms with Crippen molar-refractivity contribution in [1.29, 1.82) is 0 Å². The van der Waals surface area contributed by atoms with E-state index >= 15 is 0 Å². The zero-order valence-electron chi connectivity index (χ0n) is 13.3. The summed E-state index contributed by atoms with van der Waals surface area (Å²) in [6.45, 7) is 1.60. The molecule has 0 unspecified atom stereocenters. The number of allylic oxidation sites excluding steroid dienone is 2. The SMILES string of the molecule is COC(=O)c1cc(OC)c(C/C=C(\C)C=O)c(O)c1C(=O)OC. The first-order chi connectivity index (χ1) is 10.9. The molecule has 0 bridgehead atoms. The van der Waals surface area contributed by atoms with Crippen LogP contribution in [-0.4, -0.2) is 44.7 Å². The Morgan fingerprint density at radius 3 is 2.26 bits per heavy atom. The molecule has 1 N–H and O–H groups in total. The van der Waals surface area contributed by atoms with Crippen molar-refractivity contribution in [1.82, 2.24) is 0 Å². The third-order valence-electron chi connectivity index (χ3n) is 3.19. The Morgan fingerprint density at radius 2 is 1.78 bits per heavy atom. The van der Waals surface area contributed by atoms with Gasteiger partial charge in [0.15, 0.2) is 0 Å². The van der Waals surface area contributed by atoms with Crippen LogP contribution in [0.15, 0.2) is 17.7 Å². The van der Waals surface area contributed by atoms with Crippen molar-refractivity contribution in [3.63, 3.8) is 0 Å². The summed E-state index contributed by atoms with van der Waals surface area (Å²) in [4.78, 5) is 34.4. The van der Waals surface area contributed by atoms with Gasteiger partial charge in [0.05, 0.1) is 26.9 Å². The Kier molecular flexibility index (Phi) is 6.32. The average Bonchev–Trinajstić information content (AvgIpc) is 2.57. The number of phenolic OH excluding ortho intramolecular Hbond substituents is 1. The van der Waals surface area contributed by atoms with Crippen molar-refractivity contribution in [3.8, 4) is 11.5 Å². The van der Waals surface area contributed by atoms with Crippen molar-refractivity contribution in [2.45, 2.75) is 13.3 Å². The minimum atomic E-state index is -0.886. The van der Waals surface area contributed by atoms with E-state index in [2.05, 4.69) is 9.47 Å². The summed E-state index contributed by atoms with van der Waals surface area (Å²) in [5, 5.41) is 10.4. The minimum Gasteiger partial charge on any atom is -0.507 e. The van der Waals surface area contributed by atoms with E-state index in [4.69, 9.17) is 4.74 Å². The second-order valence-corrected chi connectivity index (χ2v) is 4.58. The topological polar surface area (TPSA) is 99.1 Å². The number of hydrogen-bond donors (Lipinski definition) is 1. The zero-order chi connectivity index (χ0) is 17.6. The minimum absolute atomic E-state index is 0.130. The maximum Gasteiger partial charge on any atom is 0.342 e. The van der Waals surface area contributed by atoms with Crippen LogP contribution in [0, 0.1) is 0 Å². The number of aldehydes is 1. The lowest BCUT2D eigenvalue weighted by atomic mass is 9.98. The van der Waals surface area contributed by atoms with Gasteiger partial charge in [-0.05, 0) is 25.0 Å². The van der Waals surface area contributed by atoms with E-state index in [1.54, 1.807) is 13.0 Å². The molecule has 0 saturated carbocycles. The van der Waals surface area contributed by atoms with Crippen LogP contribution in [0.4, 0.5) is 0 Å². The number of hydrogen-bond acceptors (Lipinski definition) is 7. The molecule has 23 heavy (non-hydrogen) atoms. The number of methoxy groups -OCH3 is 3. The summed E-state index contributed by atoms with van der Waals surface area (Å²) in [5.74, 6) is -1.97. The number of phenols is 1. The Balaban J connectivity index is 3.61. The third kappa shape index (κ3) is 3.88. The van der Waals surface area contributed by atoms with Gasteiger partial charge in [-0.25, -0.2) is 9.59 Å². The fourth-order valence-electron chi connectivity index (χ4n) is 1.96. The second-order valence-electron chi connectivity index (χ2n) is 4.58. The van der Waals surface area contributed by atoms with Gasteiger partial charge in [-0.1, -0.05) is 6.08 Å². The average molecular weight is 322 g/mol. The van der Waals surface area contributed by atoms with Gasteiger partial charge in [0, 0.05) is 5.56 Å². The van der Waals surface area contributed by atoms with Gasteiger partial charge in [0.1, 0.15) is 23.3 Å². The number of carbonyl (C=O) groups excluding carboxylic acids is 3. The summed E-state index contributed by atoms with van der Waals surface area (Å²) in [6, 6.07) is 1.29. The Bertz CT molecular complexity index is 659. The molecule has 1 aromatic rings. The maximum atomic E-state index is 11.9. The lowest BCUT2D eigenvalue weighted by molar-refractivity contribution is -0.104. The quantitative estimate of drug-likeness (QED) is 0.483. The molecule has 0 aliphatic carbocycles. The van der Waals surface area contributed by atoms with Crippen LogP contribution in [-0.2, 0) is 20.7 Å². The van der Waals surface area contributed by atoms with Gasteiger partial charge in [-0.15, -0.1) is 0 Å². The molecule has 0 spiro atoms. The molecular formula is C16H18O7. The molecule has 124 valence electrons. The molecule has 7 heteroatoms. The van der Waals surface area contributed by atoms with E-state index in [9.17, 15) is 19.5 Å². The highest BCUT2D eigenvalue weighted by molar-refractivity contribution is 6.06.